The predicted octanol–water partition coefficient (Wildman–Crippen LogP) is 4.81. The Morgan fingerprint density at radius 2 is 1.60 bits per heavy atom. The summed E-state index contributed by atoms with van der Waals surface area (Å²) in [6, 6.07) is 20.8. The number of benzene rings is 2. The van der Waals surface area contributed by atoms with E-state index < -0.39 is 0 Å². The maximum Gasteiger partial charge on any atom is 0.233 e. The zero-order valence-corrected chi connectivity index (χ0v) is 19.0. The van der Waals surface area contributed by atoms with Gasteiger partial charge in [-0.25, -0.2) is 0 Å². The summed E-state index contributed by atoms with van der Waals surface area (Å²) in [5.41, 5.74) is 2.58. The molecule has 2 atom stereocenters. The monoisotopic (exact) mass is 440 g/mol. The van der Waals surface area contributed by atoms with Gasteiger partial charge in [0.1, 0.15) is 0 Å². The molecule has 1 heterocycles. The molecule has 0 aliphatic rings. The van der Waals surface area contributed by atoms with Crippen LogP contribution in [0.15, 0.2) is 65.0 Å². The SMILES string of the molecule is CC(CCc1ccccc1)NC(=O)C(C)Sc1nnc(NCCc2ccccc2)s1. The molecule has 0 saturated heterocycles. The Labute approximate surface area is 186 Å². The fraction of sp³-hybridized carbons (Fsp3) is 0.348. The Hall–Kier alpha value is -2.38. The van der Waals surface area contributed by atoms with Gasteiger partial charge in [0.05, 0.1) is 5.25 Å². The van der Waals surface area contributed by atoms with Gasteiger partial charge in [0, 0.05) is 12.6 Å². The fourth-order valence-corrected chi connectivity index (χ4v) is 4.88. The first-order valence-electron chi connectivity index (χ1n) is 10.2. The van der Waals surface area contributed by atoms with Gasteiger partial charge in [-0.3, -0.25) is 4.79 Å². The normalized spacial score (nSPS) is 12.9. The molecular formula is C23H28N4OS2. The molecule has 5 nitrogen and oxygen atoms in total. The summed E-state index contributed by atoms with van der Waals surface area (Å²) in [4.78, 5) is 12.5. The molecule has 0 fully saturated rings. The van der Waals surface area contributed by atoms with E-state index in [0.29, 0.717) is 0 Å². The smallest absolute Gasteiger partial charge is 0.233 e. The van der Waals surface area contributed by atoms with Crippen molar-refractivity contribution in [3.63, 3.8) is 0 Å². The minimum atomic E-state index is -0.214. The molecule has 0 saturated carbocycles. The van der Waals surface area contributed by atoms with Crippen LogP contribution in [-0.2, 0) is 17.6 Å². The maximum atomic E-state index is 12.5. The molecule has 30 heavy (non-hydrogen) atoms. The third kappa shape index (κ3) is 7.46. The van der Waals surface area contributed by atoms with Crippen LogP contribution in [0.25, 0.3) is 0 Å². The first-order valence-corrected chi connectivity index (χ1v) is 11.9. The summed E-state index contributed by atoms with van der Waals surface area (Å²) < 4.78 is 0.803. The summed E-state index contributed by atoms with van der Waals surface area (Å²) in [6.45, 7) is 4.77. The number of thioether (sulfide) groups is 1. The van der Waals surface area contributed by atoms with Crippen LogP contribution >= 0.6 is 23.1 Å². The van der Waals surface area contributed by atoms with Crippen LogP contribution in [-0.4, -0.2) is 33.9 Å². The molecule has 0 aliphatic carbocycles. The van der Waals surface area contributed by atoms with E-state index in [0.717, 1.165) is 35.3 Å². The Morgan fingerprint density at radius 3 is 2.27 bits per heavy atom. The second kappa shape index (κ2) is 11.7. The van der Waals surface area contributed by atoms with Gasteiger partial charge >= 0.3 is 0 Å². The van der Waals surface area contributed by atoms with Gasteiger partial charge in [0.25, 0.3) is 0 Å². The Bertz CT molecular complexity index is 902. The van der Waals surface area contributed by atoms with Crippen molar-refractivity contribution >= 4 is 34.1 Å². The molecule has 0 radical (unpaired) electrons. The van der Waals surface area contributed by atoms with Crippen LogP contribution in [0.2, 0.25) is 0 Å². The molecule has 0 spiro atoms. The van der Waals surface area contributed by atoms with Crippen molar-refractivity contribution in [2.75, 3.05) is 11.9 Å². The first kappa shape index (κ1) is 22.3. The average Bonchev–Trinajstić information content (AvgIpc) is 3.21. The summed E-state index contributed by atoms with van der Waals surface area (Å²) in [6.07, 6.45) is 2.81. The van der Waals surface area contributed by atoms with E-state index in [2.05, 4.69) is 52.0 Å². The van der Waals surface area contributed by atoms with Crippen molar-refractivity contribution in [3.05, 3.63) is 71.8 Å². The highest BCUT2D eigenvalue weighted by atomic mass is 32.2. The first-order chi connectivity index (χ1) is 14.6. The van der Waals surface area contributed by atoms with Crippen molar-refractivity contribution in [3.8, 4) is 0 Å². The number of aryl methyl sites for hydroxylation is 1. The number of carbonyl (C=O) groups is 1. The van der Waals surface area contributed by atoms with E-state index in [9.17, 15) is 4.79 Å². The van der Waals surface area contributed by atoms with Crippen molar-refractivity contribution in [1.29, 1.82) is 0 Å². The summed E-state index contributed by atoms with van der Waals surface area (Å²) >= 11 is 2.94. The van der Waals surface area contributed by atoms with Crippen molar-refractivity contribution in [1.82, 2.24) is 15.5 Å². The number of nitrogens with one attached hydrogen (secondary N) is 2. The van der Waals surface area contributed by atoms with Crippen molar-refractivity contribution in [2.24, 2.45) is 0 Å². The number of rotatable bonds is 11. The lowest BCUT2D eigenvalue weighted by molar-refractivity contribution is -0.120. The number of carbonyl (C=O) groups excluding carboxylic acids is 1. The summed E-state index contributed by atoms with van der Waals surface area (Å²) in [5.74, 6) is 0.0364. The van der Waals surface area contributed by atoms with Crippen LogP contribution < -0.4 is 10.6 Å². The van der Waals surface area contributed by atoms with E-state index in [1.54, 1.807) is 0 Å². The van der Waals surface area contributed by atoms with E-state index in [-0.39, 0.29) is 17.2 Å². The molecule has 2 N–H and O–H groups in total. The van der Waals surface area contributed by atoms with E-state index in [1.165, 1.54) is 34.2 Å². The third-order valence-corrected chi connectivity index (χ3v) is 6.75. The van der Waals surface area contributed by atoms with Crippen LogP contribution in [0.4, 0.5) is 5.13 Å². The molecule has 2 unspecified atom stereocenters. The lowest BCUT2D eigenvalue weighted by Gasteiger charge is -2.16. The topological polar surface area (TPSA) is 66.9 Å². The Morgan fingerprint density at radius 1 is 0.967 bits per heavy atom. The molecule has 0 bridgehead atoms. The Balaban J connectivity index is 1.38. The Kier molecular flexibility index (Phi) is 8.71. The molecule has 3 rings (SSSR count). The number of aromatic nitrogens is 2. The standard InChI is InChI=1S/C23H28N4OS2/c1-17(13-14-19-9-5-3-6-10-19)25-21(28)18(2)29-23-27-26-22(30-23)24-16-15-20-11-7-4-8-12-20/h3-12,17-18H,13-16H2,1-2H3,(H,24,26)(H,25,28). The molecule has 1 aromatic heterocycles. The zero-order valence-electron chi connectivity index (χ0n) is 17.4. The van der Waals surface area contributed by atoms with Crippen LogP contribution in [0.3, 0.4) is 0 Å². The number of hydrogen-bond acceptors (Lipinski definition) is 6. The van der Waals surface area contributed by atoms with E-state index in [4.69, 9.17) is 0 Å². The van der Waals surface area contributed by atoms with Crippen LogP contribution in [0.1, 0.15) is 31.4 Å². The van der Waals surface area contributed by atoms with Crippen LogP contribution in [0, 0.1) is 0 Å². The molecule has 158 valence electrons. The van der Waals surface area contributed by atoms with Gasteiger partial charge in [0.15, 0.2) is 4.34 Å². The molecule has 2 aromatic carbocycles. The third-order valence-electron chi connectivity index (χ3n) is 4.68. The second-order valence-corrected chi connectivity index (χ2v) is 9.79. The maximum absolute atomic E-state index is 12.5. The molecule has 7 heteroatoms. The molecule has 0 aliphatic heterocycles. The lowest BCUT2D eigenvalue weighted by Crippen LogP contribution is -2.37. The summed E-state index contributed by atoms with van der Waals surface area (Å²) in [7, 11) is 0. The predicted molar refractivity (Wildman–Crippen MR) is 126 cm³/mol. The van der Waals surface area contributed by atoms with Crippen molar-refractivity contribution in [2.45, 2.75) is 48.7 Å². The van der Waals surface area contributed by atoms with Gasteiger partial charge < -0.3 is 10.6 Å². The minimum absolute atomic E-state index is 0.0364. The van der Waals surface area contributed by atoms with Gasteiger partial charge in [-0.1, -0.05) is 83.8 Å². The number of amides is 1. The number of hydrogen-bond donors (Lipinski definition) is 2. The second-order valence-electron chi connectivity index (χ2n) is 7.23. The molecule has 1 amide bonds. The largest absolute Gasteiger partial charge is 0.360 e. The van der Waals surface area contributed by atoms with Crippen LogP contribution in [0.5, 0.6) is 0 Å². The highest BCUT2D eigenvalue weighted by molar-refractivity contribution is 8.02. The lowest BCUT2D eigenvalue weighted by atomic mass is 10.1. The van der Waals surface area contributed by atoms with Gasteiger partial charge in [-0.15, -0.1) is 10.2 Å². The van der Waals surface area contributed by atoms with Crippen molar-refractivity contribution < 1.29 is 4.79 Å². The minimum Gasteiger partial charge on any atom is -0.360 e. The van der Waals surface area contributed by atoms with Gasteiger partial charge in [-0.05, 0) is 44.2 Å². The zero-order chi connectivity index (χ0) is 21.2. The quantitative estimate of drug-likeness (QED) is 0.419. The number of anilines is 1. The fourth-order valence-electron chi connectivity index (χ4n) is 2.95. The molecule has 3 aromatic rings. The van der Waals surface area contributed by atoms with Gasteiger partial charge in [-0.2, -0.15) is 0 Å². The van der Waals surface area contributed by atoms with Gasteiger partial charge in [0.2, 0.25) is 11.0 Å². The highest BCUT2D eigenvalue weighted by Gasteiger charge is 2.18. The number of nitrogens with zero attached hydrogens (tertiary/aromatic N) is 2. The summed E-state index contributed by atoms with van der Waals surface area (Å²) in [5, 5.41) is 15.4. The molecular weight excluding hydrogens is 412 g/mol. The van der Waals surface area contributed by atoms with E-state index >= 15 is 0 Å². The highest BCUT2D eigenvalue weighted by Crippen LogP contribution is 2.29. The average molecular weight is 441 g/mol. The van der Waals surface area contributed by atoms with E-state index in [1.807, 2.05) is 43.3 Å².